The molecule has 2 heterocycles. The molecule has 0 saturated carbocycles. The van der Waals surface area contributed by atoms with Gasteiger partial charge in [0.05, 0.1) is 0 Å². The lowest BCUT2D eigenvalue weighted by molar-refractivity contribution is -0.187. The van der Waals surface area contributed by atoms with Gasteiger partial charge < -0.3 is 9.88 Å². The molecule has 0 unspecified atom stereocenters. The molecule has 0 aliphatic carbocycles. The fourth-order valence-electron chi connectivity index (χ4n) is 3.11. The predicted molar refractivity (Wildman–Crippen MR) is 76.2 cm³/mol. The van der Waals surface area contributed by atoms with Gasteiger partial charge in [-0.2, -0.15) is 13.2 Å². The second kappa shape index (κ2) is 5.35. The first-order valence-electron chi connectivity index (χ1n) is 7.04. The molecule has 1 N–H and O–H groups in total. The van der Waals surface area contributed by atoms with Gasteiger partial charge in [-0.15, -0.1) is 0 Å². The maximum absolute atomic E-state index is 13.7. The molecule has 1 aliphatic rings. The van der Waals surface area contributed by atoms with Gasteiger partial charge in [-0.05, 0) is 6.07 Å². The van der Waals surface area contributed by atoms with Gasteiger partial charge in [0.15, 0.2) is 0 Å². The molecule has 0 bridgehead atoms. The number of nitrogens with zero attached hydrogens (tertiary/aromatic N) is 2. The minimum atomic E-state index is -4.28. The van der Waals surface area contributed by atoms with Gasteiger partial charge in [-0.1, -0.05) is 18.2 Å². The summed E-state index contributed by atoms with van der Waals surface area (Å²) in [7, 11) is 1.79. The summed E-state index contributed by atoms with van der Waals surface area (Å²) in [6.45, 7) is 2.01. The highest BCUT2D eigenvalue weighted by Gasteiger charge is 2.46. The zero-order valence-electron chi connectivity index (χ0n) is 11.8. The van der Waals surface area contributed by atoms with Crippen molar-refractivity contribution in [1.29, 1.82) is 0 Å². The molecular formula is C15H18F3N3. The van der Waals surface area contributed by atoms with Crippen LogP contribution >= 0.6 is 0 Å². The summed E-state index contributed by atoms with van der Waals surface area (Å²) in [4.78, 5) is 1.53. The summed E-state index contributed by atoms with van der Waals surface area (Å²) in [5, 5.41) is 3.78. The third-order valence-corrected chi connectivity index (χ3v) is 4.05. The van der Waals surface area contributed by atoms with E-state index in [9.17, 15) is 13.2 Å². The molecule has 1 fully saturated rings. The molecule has 1 aliphatic heterocycles. The monoisotopic (exact) mass is 297 g/mol. The van der Waals surface area contributed by atoms with Crippen molar-refractivity contribution in [3.63, 3.8) is 0 Å². The summed E-state index contributed by atoms with van der Waals surface area (Å²) in [5.41, 5.74) is 1.18. The normalized spacial score (nSPS) is 19.0. The highest BCUT2D eigenvalue weighted by Crippen LogP contribution is 2.41. The van der Waals surface area contributed by atoms with E-state index in [1.165, 1.54) is 4.90 Å². The number of aromatic nitrogens is 1. The van der Waals surface area contributed by atoms with E-state index < -0.39 is 12.2 Å². The molecule has 3 nitrogen and oxygen atoms in total. The summed E-state index contributed by atoms with van der Waals surface area (Å²) in [6, 6.07) is 5.72. The number of fused-ring (bicyclic) bond motifs is 1. The van der Waals surface area contributed by atoms with Crippen LogP contribution in [0.5, 0.6) is 0 Å². The molecule has 1 aromatic heterocycles. The molecule has 1 aromatic carbocycles. The van der Waals surface area contributed by atoms with Crippen molar-refractivity contribution in [3.05, 3.63) is 36.0 Å². The number of para-hydroxylation sites is 1. The van der Waals surface area contributed by atoms with Crippen molar-refractivity contribution < 1.29 is 13.2 Å². The average Bonchev–Trinajstić information content (AvgIpc) is 2.77. The molecule has 1 saturated heterocycles. The fourth-order valence-corrected chi connectivity index (χ4v) is 3.11. The van der Waals surface area contributed by atoms with Crippen molar-refractivity contribution in [2.75, 3.05) is 26.2 Å². The molecule has 0 amide bonds. The number of hydrogen-bond acceptors (Lipinski definition) is 2. The van der Waals surface area contributed by atoms with E-state index in [1.807, 2.05) is 12.1 Å². The van der Waals surface area contributed by atoms with Crippen LogP contribution in [0.1, 0.15) is 11.6 Å². The van der Waals surface area contributed by atoms with Crippen LogP contribution in [0.25, 0.3) is 10.9 Å². The maximum Gasteiger partial charge on any atom is 0.408 e. The van der Waals surface area contributed by atoms with Crippen LogP contribution < -0.4 is 5.32 Å². The van der Waals surface area contributed by atoms with Crippen LogP contribution in [-0.2, 0) is 7.05 Å². The van der Waals surface area contributed by atoms with Gasteiger partial charge in [-0.3, -0.25) is 4.90 Å². The van der Waals surface area contributed by atoms with Crippen LogP contribution in [0, 0.1) is 0 Å². The minimum Gasteiger partial charge on any atom is -0.350 e. The number of benzene rings is 1. The Balaban J connectivity index is 2.10. The second-order valence-corrected chi connectivity index (χ2v) is 5.44. The lowest BCUT2D eigenvalue weighted by atomic mass is 10.0. The van der Waals surface area contributed by atoms with Crippen LogP contribution in [0.15, 0.2) is 30.5 Å². The van der Waals surface area contributed by atoms with E-state index in [2.05, 4.69) is 5.32 Å². The lowest BCUT2D eigenvalue weighted by Crippen LogP contribution is -2.49. The number of piperazine rings is 1. The van der Waals surface area contributed by atoms with Crippen molar-refractivity contribution in [1.82, 2.24) is 14.8 Å². The van der Waals surface area contributed by atoms with E-state index in [0.717, 1.165) is 5.52 Å². The molecule has 2 aromatic rings. The highest BCUT2D eigenvalue weighted by molar-refractivity contribution is 5.84. The van der Waals surface area contributed by atoms with Gasteiger partial charge in [0.25, 0.3) is 0 Å². The van der Waals surface area contributed by atoms with Crippen molar-refractivity contribution in [3.8, 4) is 0 Å². The SMILES string of the molecule is Cn1cc([C@H](N2CCNCC2)C(F)(F)F)c2ccccc21. The number of nitrogens with one attached hydrogen (secondary N) is 1. The molecule has 0 radical (unpaired) electrons. The average molecular weight is 297 g/mol. The van der Waals surface area contributed by atoms with E-state index in [4.69, 9.17) is 0 Å². The fraction of sp³-hybridized carbons (Fsp3) is 0.467. The van der Waals surface area contributed by atoms with Crippen LogP contribution in [0.2, 0.25) is 0 Å². The van der Waals surface area contributed by atoms with E-state index in [-0.39, 0.29) is 0 Å². The Kier molecular flexibility index (Phi) is 3.67. The Hall–Kier alpha value is -1.53. The number of alkyl halides is 3. The van der Waals surface area contributed by atoms with E-state index >= 15 is 0 Å². The minimum absolute atomic E-state index is 0.350. The Morgan fingerprint density at radius 2 is 1.81 bits per heavy atom. The zero-order valence-corrected chi connectivity index (χ0v) is 11.8. The van der Waals surface area contributed by atoms with E-state index in [1.54, 1.807) is 29.9 Å². The summed E-state index contributed by atoms with van der Waals surface area (Å²) in [5.74, 6) is 0. The number of halogens is 3. The smallest absolute Gasteiger partial charge is 0.350 e. The molecule has 0 spiro atoms. The van der Waals surface area contributed by atoms with Crippen molar-refractivity contribution in [2.45, 2.75) is 12.2 Å². The second-order valence-electron chi connectivity index (χ2n) is 5.44. The van der Waals surface area contributed by atoms with Gasteiger partial charge in [0.2, 0.25) is 0 Å². The number of aryl methyl sites for hydroxylation is 1. The first-order valence-corrected chi connectivity index (χ1v) is 7.04. The number of hydrogen-bond donors (Lipinski definition) is 1. The van der Waals surface area contributed by atoms with Crippen molar-refractivity contribution >= 4 is 10.9 Å². The van der Waals surface area contributed by atoms with Crippen LogP contribution in [0.3, 0.4) is 0 Å². The Morgan fingerprint density at radius 3 is 2.48 bits per heavy atom. The highest BCUT2D eigenvalue weighted by atomic mass is 19.4. The zero-order chi connectivity index (χ0) is 15.0. The standard InChI is InChI=1S/C15H18F3N3/c1-20-10-12(11-4-2-3-5-13(11)20)14(15(16,17)18)21-8-6-19-7-9-21/h2-5,10,14,19H,6-9H2,1H3/t14-/m0/s1. The summed E-state index contributed by atoms with van der Waals surface area (Å²) < 4.78 is 42.7. The molecule has 3 rings (SSSR count). The quantitative estimate of drug-likeness (QED) is 0.919. The first kappa shape index (κ1) is 14.4. The van der Waals surface area contributed by atoms with E-state index in [0.29, 0.717) is 37.1 Å². The number of rotatable bonds is 2. The van der Waals surface area contributed by atoms with Gasteiger partial charge in [-0.25, -0.2) is 0 Å². The molecule has 1 atom stereocenters. The summed E-state index contributed by atoms with van der Waals surface area (Å²) >= 11 is 0. The summed E-state index contributed by atoms with van der Waals surface area (Å²) in [6.07, 6.45) is -2.66. The topological polar surface area (TPSA) is 20.2 Å². The lowest BCUT2D eigenvalue weighted by Gasteiger charge is -2.35. The molecule has 21 heavy (non-hydrogen) atoms. The maximum atomic E-state index is 13.7. The largest absolute Gasteiger partial charge is 0.408 e. The van der Waals surface area contributed by atoms with Gasteiger partial charge >= 0.3 is 6.18 Å². The molecular weight excluding hydrogens is 279 g/mol. The van der Waals surface area contributed by atoms with Crippen molar-refractivity contribution in [2.24, 2.45) is 7.05 Å². The Labute approximate surface area is 121 Å². The van der Waals surface area contributed by atoms with Gasteiger partial charge in [0, 0.05) is 55.9 Å². The van der Waals surface area contributed by atoms with Crippen LogP contribution in [-0.4, -0.2) is 41.8 Å². The Morgan fingerprint density at radius 1 is 1.14 bits per heavy atom. The van der Waals surface area contributed by atoms with Gasteiger partial charge in [0.1, 0.15) is 6.04 Å². The molecule has 114 valence electrons. The predicted octanol–water partition coefficient (Wildman–Crippen LogP) is 2.69. The molecule has 6 heteroatoms. The third-order valence-electron chi connectivity index (χ3n) is 4.05. The third kappa shape index (κ3) is 2.65. The van der Waals surface area contributed by atoms with Crippen LogP contribution in [0.4, 0.5) is 13.2 Å². The Bertz CT molecular complexity index is 627. The first-order chi connectivity index (χ1) is 9.98.